The molecule has 0 spiro atoms. The number of aryl methyl sites for hydroxylation is 11. The van der Waals surface area contributed by atoms with Crippen molar-refractivity contribution in [2.75, 3.05) is 0 Å². The molecule has 0 N–H and O–H groups in total. The van der Waals surface area contributed by atoms with Crippen LogP contribution in [0.3, 0.4) is 0 Å². The lowest BCUT2D eigenvalue weighted by Crippen LogP contribution is -2.36. The van der Waals surface area contributed by atoms with E-state index in [1.54, 1.807) is 0 Å². The average molecular weight is 1660 g/mol. The van der Waals surface area contributed by atoms with Crippen molar-refractivity contribution in [1.82, 2.24) is 27.5 Å². The number of rotatable bonds is 4. The van der Waals surface area contributed by atoms with Crippen LogP contribution in [0.4, 0.5) is 0 Å². The quantitative estimate of drug-likeness (QED) is 0.125. The minimum atomic E-state index is 1.16. The Kier molecular flexibility index (Phi) is 55.8. The van der Waals surface area contributed by atoms with Gasteiger partial charge in [0.05, 0.1) is 57.0 Å². The standard InChI is InChI=1S/C20H17N.C19H17N2.C18H18N3.C17H15N2.C11H13N2.14C2H6/c1-14-8-3-5-12-18(14)21-19-13-6-4-10-16(19)17-11-7-9-15(2)20(17)21;1-14-8-7-10-16-15-9-3-4-11-17(15)21(19(14)16)18-12-5-6-13-20(18)2;1-13-7-6-9-15-14-8-4-5-10-16(14)21(17(13)15)18-19(2)11-12-20(18)3;1-12-6-5-9-15-13-7-3-4-8-14(13)16-10-11-18(2)19(16)17(12)15;1-10-6-3-4-7-11(10)13-9-5-8-12(13)2;14*1-2/h2*3-13H,1-2H3;4-12H,1-3H3;3-11H,1-2H3;3-9H,1-2H3;14*1-2H3/q;4*+1;;;;;;;;;;;;;;. The number of fused-ring (bicyclic) bond motifs is 15. The van der Waals surface area contributed by atoms with Gasteiger partial charge in [0.1, 0.15) is 38.8 Å². The van der Waals surface area contributed by atoms with Crippen molar-refractivity contribution < 1.29 is 18.5 Å². The molecule has 0 saturated carbocycles. The van der Waals surface area contributed by atoms with Crippen LogP contribution in [-0.2, 0) is 35.2 Å². The van der Waals surface area contributed by atoms with Crippen LogP contribution in [0.25, 0.3) is 116 Å². The molecule has 0 fully saturated rings. The average Bonchev–Trinajstić information content (AvgIpc) is 1.71. The fourth-order valence-electron chi connectivity index (χ4n) is 14.3. The maximum Gasteiger partial charge on any atom is 0.369 e. The summed E-state index contributed by atoms with van der Waals surface area (Å²) in [5.74, 6) is 2.34. The van der Waals surface area contributed by atoms with Gasteiger partial charge in [0.2, 0.25) is 0 Å². The SMILES string of the molecule is CC.CC.CC.CC.CC.CC.CC.CC.CC.CC.CC.CC.CC.CC.Cc1cccc2c3ccccc3c3cc[n+](C)n3c12.Cc1cccc2c3ccccc3n(-c3cccc[n+]3C)c12.Cc1cccc2c3ccccc3n(-c3n(C)cc[n+]3C)c12.Cc1ccccc1-n1c2ccccc2c2cccc(C)c21.Cc1ccccc1-n1ccc[n+]1C. The van der Waals surface area contributed by atoms with Crippen LogP contribution in [0.15, 0.2) is 286 Å². The molecule has 18 aromatic rings. The van der Waals surface area contributed by atoms with E-state index in [-0.39, 0.29) is 0 Å². The highest BCUT2D eigenvalue weighted by molar-refractivity contribution is 6.14. The first-order chi connectivity index (χ1) is 60.3. The topological polar surface area (TPSA) is 44.6 Å². The van der Waals surface area contributed by atoms with E-state index in [2.05, 4.69) is 389 Å². The third kappa shape index (κ3) is 26.5. The van der Waals surface area contributed by atoms with Gasteiger partial charge >= 0.3 is 5.95 Å². The zero-order valence-electron chi connectivity index (χ0n) is 84.1. The summed E-state index contributed by atoms with van der Waals surface area (Å²) in [6.45, 7) is 69.0. The van der Waals surface area contributed by atoms with Gasteiger partial charge in [-0.15, -0.1) is 18.6 Å². The zero-order chi connectivity index (χ0) is 93.6. The first kappa shape index (κ1) is 111. The lowest BCUT2D eigenvalue weighted by molar-refractivity contribution is -0.744. The number of pyridine rings is 2. The monoisotopic (exact) mass is 1660 g/mol. The normalized spacial score (nSPS) is 9.42. The number of aromatic nitrogens is 10. The van der Waals surface area contributed by atoms with Crippen LogP contribution in [0, 0.1) is 41.5 Å². The molecule has 0 atom stereocenters. The van der Waals surface area contributed by atoms with Gasteiger partial charge in [0, 0.05) is 67.0 Å². The van der Waals surface area contributed by atoms with Crippen molar-refractivity contribution in [2.24, 2.45) is 35.2 Å². The molecule has 10 nitrogen and oxygen atoms in total. The van der Waals surface area contributed by atoms with Gasteiger partial charge in [-0.1, -0.05) is 376 Å². The van der Waals surface area contributed by atoms with Crippen molar-refractivity contribution in [3.8, 4) is 23.1 Å². The van der Waals surface area contributed by atoms with Gasteiger partial charge < -0.3 is 4.57 Å². The Balaban J connectivity index is 0.00000142. The van der Waals surface area contributed by atoms with Crippen LogP contribution in [0.1, 0.15) is 227 Å². The maximum absolute atomic E-state index is 2.40. The second kappa shape index (κ2) is 61.6. The Morgan fingerprint density at radius 2 is 0.528 bits per heavy atom. The van der Waals surface area contributed by atoms with E-state index in [0.717, 1.165) is 5.95 Å². The Morgan fingerprint density at radius 3 is 0.919 bits per heavy atom. The van der Waals surface area contributed by atoms with Crippen LogP contribution in [-0.4, -0.2) is 27.5 Å². The first-order valence-corrected chi connectivity index (χ1v) is 46.6. The molecule has 8 heterocycles. The van der Waals surface area contributed by atoms with Crippen LogP contribution in [0.2, 0.25) is 0 Å². The molecule has 0 aliphatic carbocycles. The predicted octanol–water partition coefficient (Wildman–Crippen LogP) is 31.9. The van der Waals surface area contributed by atoms with E-state index in [9.17, 15) is 0 Å². The van der Waals surface area contributed by atoms with Gasteiger partial charge in [-0.3, -0.25) is 0 Å². The number of hydrogen-bond acceptors (Lipinski definition) is 0. The molecule has 10 heteroatoms. The van der Waals surface area contributed by atoms with Crippen molar-refractivity contribution >= 4 is 92.6 Å². The Hall–Kier alpha value is -11.6. The summed E-state index contributed by atoms with van der Waals surface area (Å²) < 4.78 is 22.2. The van der Waals surface area contributed by atoms with Crippen LogP contribution >= 0.6 is 0 Å². The predicted molar refractivity (Wildman–Crippen MR) is 551 cm³/mol. The molecule has 0 radical (unpaired) electrons. The minimum absolute atomic E-state index is 1.16. The molecular formula is C113H164N10+4. The summed E-state index contributed by atoms with van der Waals surface area (Å²) in [6.07, 6.45) is 12.5. The van der Waals surface area contributed by atoms with Gasteiger partial charge in [0.15, 0.2) is 26.5 Å². The molecule has 0 amide bonds. The third-order valence-electron chi connectivity index (χ3n) is 18.8. The van der Waals surface area contributed by atoms with Crippen LogP contribution < -0.4 is 18.5 Å². The highest BCUT2D eigenvalue weighted by atomic mass is 15.4. The number of para-hydroxylation sites is 9. The van der Waals surface area contributed by atoms with Crippen LogP contribution in [0.5, 0.6) is 0 Å². The Morgan fingerprint density at radius 1 is 0.211 bits per heavy atom. The molecule has 0 bridgehead atoms. The van der Waals surface area contributed by atoms with Gasteiger partial charge in [0.25, 0.3) is 5.82 Å². The van der Waals surface area contributed by atoms with Crippen molar-refractivity contribution in [3.63, 3.8) is 0 Å². The molecule has 123 heavy (non-hydrogen) atoms. The lowest BCUT2D eigenvalue weighted by atomic mass is 10.0. The molecule has 10 aromatic carbocycles. The van der Waals surface area contributed by atoms with E-state index in [1.165, 1.54) is 143 Å². The summed E-state index contributed by atoms with van der Waals surface area (Å²) in [7, 11) is 10.4. The summed E-state index contributed by atoms with van der Waals surface area (Å²) in [6, 6.07) is 88.2. The largest absolute Gasteiger partial charge is 0.369 e. The number of benzene rings is 10. The zero-order valence-corrected chi connectivity index (χ0v) is 84.1. The van der Waals surface area contributed by atoms with E-state index in [4.69, 9.17) is 0 Å². The Labute approximate surface area is 747 Å². The lowest BCUT2D eigenvalue weighted by Gasteiger charge is -2.12. The van der Waals surface area contributed by atoms with Crippen molar-refractivity contribution in [1.29, 1.82) is 0 Å². The van der Waals surface area contributed by atoms with Gasteiger partial charge in [-0.05, 0) is 129 Å². The van der Waals surface area contributed by atoms with Crippen molar-refractivity contribution in [3.05, 3.63) is 319 Å². The highest BCUT2D eigenvalue weighted by Gasteiger charge is 2.25. The van der Waals surface area contributed by atoms with Gasteiger partial charge in [-0.2, -0.15) is 9.13 Å². The molecule has 0 aliphatic rings. The summed E-state index contributed by atoms with van der Waals surface area (Å²) in [5.41, 5.74) is 20.5. The fourth-order valence-corrected chi connectivity index (χ4v) is 14.3. The molecule has 0 aliphatic heterocycles. The van der Waals surface area contributed by atoms with E-state index in [1.807, 2.05) is 213 Å². The second-order valence-electron chi connectivity index (χ2n) is 25.0. The molecule has 0 unspecified atom stereocenters. The molecule has 0 saturated heterocycles. The molecule has 18 rings (SSSR count). The maximum atomic E-state index is 2.40. The van der Waals surface area contributed by atoms with Gasteiger partial charge in [-0.25, -0.2) is 13.7 Å². The third-order valence-corrected chi connectivity index (χ3v) is 18.8. The molecule has 8 aromatic heterocycles. The first-order valence-electron chi connectivity index (χ1n) is 46.6. The van der Waals surface area contributed by atoms with E-state index in [0.29, 0.717) is 0 Å². The number of nitrogens with zero attached hydrogens (tertiary/aromatic N) is 10. The summed E-state index contributed by atoms with van der Waals surface area (Å²) in [4.78, 5) is 0. The highest BCUT2D eigenvalue weighted by Crippen LogP contribution is 2.37. The fraction of sp³-hybridized carbons (Fsp3) is 0.345. The Bertz CT molecular complexity index is 5720. The summed E-state index contributed by atoms with van der Waals surface area (Å²) in [5, 5.41) is 11.8. The molecular weight excluding hydrogens is 1500 g/mol. The second-order valence-corrected chi connectivity index (χ2v) is 25.0. The minimum Gasteiger partial charge on any atom is -0.309 e. The summed E-state index contributed by atoms with van der Waals surface area (Å²) >= 11 is 0. The smallest absolute Gasteiger partial charge is 0.309 e. The molecule has 662 valence electrons. The van der Waals surface area contributed by atoms with E-state index >= 15 is 0 Å². The number of hydrogen-bond donors (Lipinski definition) is 0. The van der Waals surface area contributed by atoms with E-state index < -0.39 is 0 Å². The van der Waals surface area contributed by atoms with Crippen molar-refractivity contribution in [2.45, 2.75) is 235 Å². The number of imidazole rings is 1.